The molecule has 1 aliphatic heterocycles. The molecule has 1 aliphatic rings. The Hall–Kier alpha value is -0.585. The van der Waals surface area contributed by atoms with Crippen molar-refractivity contribution in [1.82, 2.24) is 5.32 Å². The Labute approximate surface area is 83.3 Å². The van der Waals surface area contributed by atoms with Crippen molar-refractivity contribution in [3.8, 4) is 0 Å². The maximum atomic E-state index is 10.7. The van der Waals surface area contributed by atoms with Gasteiger partial charge in [0, 0.05) is 0 Å². The Balaban J connectivity index is 2.29. The fourth-order valence-corrected chi connectivity index (χ4v) is 1.83. The van der Waals surface area contributed by atoms with Crippen molar-refractivity contribution in [1.29, 1.82) is 0 Å². The molecule has 0 bridgehead atoms. The maximum absolute atomic E-state index is 10.7. The average Bonchev–Trinajstić information content (AvgIpc) is 2.15. The van der Waals surface area contributed by atoms with Gasteiger partial charge in [0.25, 0.3) is 0 Å². The van der Waals surface area contributed by atoms with E-state index in [2.05, 4.69) is 5.32 Å². The maximum Gasteiger partial charge on any atom is 0.451 e. The van der Waals surface area contributed by atoms with Crippen molar-refractivity contribution in [2.45, 2.75) is 31.6 Å². The molecule has 1 saturated heterocycles. The normalized spacial score (nSPS) is 27.3. The minimum atomic E-state index is -1.27. The predicted molar refractivity (Wildman–Crippen MR) is 51.8 cm³/mol. The van der Waals surface area contributed by atoms with Gasteiger partial charge in [0.15, 0.2) is 0 Å². The second-order valence-electron chi connectivity index (χ2n) is 3.79. The predicted octanol–water partition coefficient (Wildman–Crippen LogP) is -0.698. The van der Waals surface area contributed by atoms with Gasteiger partial charge >= 0.3 is 13.1 Å². The summed E-state index contributed by atoms with van der Waals surface area (Å²) >= 11 is 0. The van der Waals surface area contributed by atoms with Gasteiger partial charge in [-0.15, -0.1) is 0 Å². The minimum absolute atomic E-state index is 0.291. The first kappa shape index (κ1) is 11.5. The summed E-state index contributed by atoms with van der Waals surface area (Å²) in [5, 5.41) is 29.0. The van der Waals surface area contributed by atoms with E-state index in [0.717, 1.165) is 6.42 Å². The van der Waals surface area contributed by atoms with E-state index in [1.54, 1.807) is 0 Å². The molecule has 6 heteroatoms. The van der Waals surface area contributed by atoms with Gasteiger partial charge in [-0.2, -0.15) is 0 Å². The average molecular weight is 201 g/mol. The summed E-state index contributed by atoms with van der Waals surface area (Å²) in [4.78, 5) is 10.7. The highest BCUT2D eigenvalue weighted by molar-refractivity contribution is 6.40. The van der Waals surface area contributed by atoms with E-state index in [1.165, 1.54) is 0 Å². The van der Waals surface area contributed by atoms with Crippen LogP contribution < -0.4 is 5.32 Å². The molecule has 0 amide bonds. The molecule has 0 spiro atoms. The molecule has 0 aromatic carbocycles. The van der Waals surface area contributed by atoms with E-state index in [-0.39, 0.29) is 0 Å². The number of carboxylic acids is 1. The molecule has 0 aliphatic carbocycles. The molecule has 0 aromatic rings. The highest BCUT2D eigenvalue weighted by Gasteiger charge is 2.26. The summed E-state index contributed by atoms with van der Waals surface area (Å²) in [7, 11) is -1.27. The van der Waals surface area contributed by atoms with Crippen LogP contribution in [0.5, 0.6) is 0 Å². The van der Waals surface area contributed by atoms with Crippen molar-refractivity contribution >= 4 is 13.1 Å². The zero-order valence-electron chi connectivity index (χ0n) is 8.02. The van der Waals surface area contributed by atoms with Crippen molar-refractivity contribution < 1.29 is 19.9 Å². The van der Waals surface area contributed by atoms with E-state index >= 15 is 0 Å². The van der Waals surface area contributed by atoms with Gasteiger partial charge in [0.1, 0.15) is 6.04 Å². The standard InChI is InChI=1S/C8H16BNO4/c11-8(12)7-5-6(2-4-10-7)1-3-9(13)14/h6-7,10,13-14H,1-5H2,(H,11,12). The van der Waals surface area contributed by atoms with Gasteiger partial charge in [-0.1, -0.05) is 6.42 Å². The fourth-order valence-electron chi connectivity index (χ4n) is 1.83. The number of hydrogen-bond donors (Lipinski definition) is 4. The van der Waals surface area contributed by atoms with Gasteiger partial charge in [0.2, 0.25) is 0 Å². The van der Waals surface area contributed by atoms with E-state index in [0.29, 0.717) is 31.6 Å². The summed E-state index contributed by atoms with van der Waals surface area (Å²) in [6.45, 7) is 0.698. The van der Waals surface area contributed by atoms with Crippen LogP contribution in [-0.2, 0) is 4.79 Å². The SMILES string of the molecule is O=C(O)C1CC(CCB(O)O)CCN1. The number of aliphatic carboxylic acids is 1. The van der Waals surface area contributed by atoms with E-state index in [9.17, 15) is 4.79 Å². The molecule has 4 N–H and O–H groups in total. The second kappa shape index (κ2) is 5.33. The van der Waals surface area contributed by atoms with E-state index < -0.39 is 19.1 Å². The number of rotatable bonds is 4. The van der Waals surface area contributed by atoms with Gasteiger partial charge in [-0.3, -0.25) is 4.79 Å². The number of hydrogen-bond acceptors (Lipinski definition) is 4. The number of carbonyl (C=O) groups is 1. The quantitative estimate of drug-likeness (QED) is 0.451. The lowest BCUT2D eigenvalue weighted by Gasteiger charge is -2.27. The van der Waals surface area contributed by atoms with Crippen LogP contribution in [0.3, 0.4) is 0 Å². The first-order valence-electron chi connectivity index (χ1n) is 4.92. The summed E-state index contributed by atoms with van der Waals surface area (Å²) in [6, 6.07) is -0.468. The van der Waals surface area contributed by atoms with Gasteiger partial charge in [-0.05, 0) is 31.6 Å². The highest BCUT2D eigenvalue weighted by atomic mass is 16.4. The monoisotopic (exact) mass is 201 g/mol. The van der Waals surface area contributed by atoms with Crippen molar-refractivity contribution in [3.63, 3.8) is 0 Å². The molecule has 2 atom stereocenters. The fraction of sp³-hybridized carbons (Fsp3) is 0.875. The van der Waals surface area contributed by atoms with Gasteiger partial charge in [-0.25, -0.2) is 0 Å². The van der Waals surface area contributed by atoms with Crippen LogP contribution in [0, 0.1) is 5.92 Å². The van der Waals surface area contributed by atoms with Crippen molar-refractivity contribution in [3.05, 3.63) is 0 Å². The molecule has 0 saturated carbocycles. The Morgan fingerprint density at radius 3 is 2.79 bits per heavy atom. The molecule has 14 heavy (non-hydrogen) atoms. The molecule has 2 unspecified atom stereocenters. The number of piperidine rings is 1. The molecule has 1 fully saturated rings. The van der Waals surface area contributed by atoms with Gasteiger partial charge < -0.3 is 20.5 Å². The zero-order valence-corrected chi connectivity index (χ0v) is 8.02. The van der Waals surface area contributed by atoms with E-state index in [1.807, 2.05) is 0 Å². The number of carboxylic acid groups (broad SMARTS) is 1. The van der Waals surface area contributed by atoms with Crippen LogP contribution in [0.2, 0.25) is 6.32 Å². The first-order valence-corrected chi connectivity index (χ1v) is 4.92. The Kier molecular flexibility index (Phi) is 4.38. The number of nitrogens with one attached hydrogen (secondary N) is 1. The molecular weight excluding hydrogens is 185 g/mol. The lowest BCUT2D eigenvalue weighted by atomic mass is 9.77. The Bertz CT molecular complexity index is 200. The minimum Gasteiger partial charge on any atom is -0.480 e. The Morgan fingerprint density at radius 1 is 1.50 bits per heavy atom. The van der Waals surface area contributed by atoms with Crippen molar-refractivity contribution in [2.24, 2.45) is 5.92 Å². The summed E-state index contributed by atoms with van der Waals surface area (Å²) in [5.74, 6) is -0.529. The summed E-state index contributed by atoms with van der Waals surface area (Å²) < 4.78 is 0. The molecular formula is C8H16BNO4. The van der Waals surface area contributed by atoms with Crippen molar-refractivity contribution in [2.75, 3.05) is 6.54 Å². The summed E-state index contributed by atoms with van der Waals surface area (Å²) in [5.41, 5.74) is 0. The zero-order chi connectivity index (χ0) is 10.6. The Morgan fingerprint density at radius 2 is 2.21 bits per heavy atom. The molecule has 80 valence electrons. The van der Waals surface area contributed by atoms with Crippen LogP contribution >= 0.6 is 0 Å². The molecule has 0 radical (unpaired) electrons. The largest absolute Gasteiger partial charge is 0.480 e. The third-order valence-corrected chi connectivity index (χ3v) is 2.64. The molecule has 0 aromatic heterocycles. The smallest absolute Gasteiger partial charge is 0.451 e. The van der Waals surface area contributed by atoms with Crippen LogP contribution in [0.4, 0.5) is 0 Å². The van der Waals surface area contributed by atoms with Crippen LogP contribution in [0.15, 0.2) is 0 Å². The summed E-state index contributed by atoms with van der Waals surface area (Å²) in [6.07, 6.45) is 2.51. The van der Waals surface area contributed by atoms with E-state index in [4.69, 9.17) is 15.2 Å². The lowest BCUT2D eigenvalue weighted by molar-refractivity contribution is -0.140. The molecule has 1 heterocycles. The first-order chi connectivity index (χ1) is 6.59. The highest BCUT2D eigenvalue weighted by Crippen LogP contribution is 2.21. The van der Waals surface area contributed by atoms with Crippen LogP contribution in [-0.4, -0.2) is 40.8 Å². The third-order valence-electron chi connectivity index (χ3n) is 2.64. The lowest BCUT2D eigenvalue weighted by Crippen LogP contribution is -2.43. The van der Waals surface area contributed by atoms with Gasteiger partial charge in [0.05, 0.1) is 0 Å². The third kappa shape index (κ3) is 3.65. The second-order valence-corrected chi connectivity index (χ2v) is 3.79. The van der Waals surface area contributed by atoms with Crippen LogP contribution in [0.1, 0.15) is 19.3 Å². The van der Waals surface area contributed by atoms with Crippen LogP contribution in [0.25, 0.3) is 0 Å². The molecule has 5 nitrogen and oxygen atoms in total. The topological polar surface area (TPSA) is 89.8 Å². The molecule has 1 rings (SSSR count).